The van der Waals surface area contributed by atoms with Crippen molar-refractivity contribution in [3.8, 4) is 11.3 Å². The number of halogens is 1. The van der Waals surface area contributed by atoms with Gasteiger partial charge in [-0.05, 0) is 48.1 Å². The number of amides is 4. The van der Waals surface area contributed by atoms with Crippen LogP contribution in [0.4, 0.5) is 0 Å². The quantitative estimate of drug-likeness (QED) is 0.158. The molecule has 4 heterocycles. The van der Waals surface area contributed by atoms with E-state index in [2.05, 4.69) is 25.8 Å². The summed E-state index contributed by atoms with van der Waals surface area (Å²) in [6.45, 7) is 3.22. The van der Waals surface area contributed by atoms with Crippen LogP contribution in [0.5, 0.6) is 0 Å². The number of likely N-dealkylation sites (N-methyl/N-ethyl adjacent to an activating group) is 1. The van der Waals surface area contributed by atoms with Gasteiger partial charge in [-0.1, -0.05) is 78.3 Å². The van der Waals surface area contributed by atoms with Crippen LogP contribution in [0.2, 0.25) is 5.02 Å². The van der Waals surface area contributed by atoms with E-state index in [1.165, 1.54) is 7.05 Å². The lowest BCUT2D eigenvalue weighted by atomic mass is 9.79. The molecule has 4 N–H and O–H groups in total. The summed E-state index contributed by atoms with van der Waals surface area (Å²) >= 11 is 6.19. The second-order valence-electron chi connectivity index (χ2n) is 13.9. The van der Waals surface area contributed by atoms with Crippen molar-refractivity contribution in [2.24, 2.45) is 17.8 Å². The fraction of sp³-hybridized carbons (Fsp3) is 0.325. The fourth-order valence-electron chi connectivity index (χ4n) is 7.57. The van der Waals surface area contributed by atoms with E-state index in [4.69, 9.17) is 16.3 Å². The largest absolute Gasteiger partial charge is 0.371 e. The maximum absolute atomic E-state index is 14.3. The molecular formula is C40H42ClN7O5. The molecule has 13 heteroatoms. The predicted molar refractivity (Wildman–Crippen MR) is 201 cm³/mol. The molecule has 2 saturated heterocycles. The number of carbonyl (C=O) groups excluding carboxylic acids is 4. The zero-order chi connectivity index (χ0) is 37.1. The maximum atomic E-state index is 14.3. The van der Waals surface area contributed by atoms with Gasteiger partial charge in [0.05, 0.1) is 30.7 Å². The van der Waals surface area contributed by atoms with Gasteiger partial charge in [-0.3, -0.25) is 24.3 Å². The van der Waals surface area contributed by atoms with Crippen molar-refractivity contribution in [1.29, 1.82) is 0 Å². The van der Waals surface area contributed by atoms with E-state index in [0.717, 1.165) is 27.6 Å². The number of ether oxygens (including phenoxy) is 1. The third kappa shape index (κ3) is 7.84. The lowest BCUT2D eigenvalue weighted by Gasteiger charge is -2.40. The van der Waals surface area contributed by atoms with Gasteiger partial charge in [0.15, 0.2) is 0 Å². The van der Waals surface area contributed by atoms with Crippen LogP contribution in [-0.2, 0) is 32.1 Å². The lowest BCUT2D eigenvalue weighted by Crippen LogP contribution is -2.58. The number of rotatable bonds is 11. The topological polar surface area (TPSA) is 153 Å². The van der Waals surface area contributed by atoms with Gasteiger partial charge < -0.3 is 30.2 Å². The van der Waals surface area contributed by atoms with Gasteiger partial charge in [-0.2, -0.15) is 5.10 Å². The van der Waals surface area contributed by atoms with Crippen LogP contribution in [0.1, 0.15) is 28.5 Å². The molecule has 0 aliphatic carbocycles. The Bertz CT molecular complexity index is 2100. The Morgan fingerprint density at radius 3 is 2.43 bits per heavy atom. The van der Waals surface area contributed by atoms with Gasteiger partial charge in [0.2, 0.25) is 17.7 Å². The van der Waals surface area contributed by atoms with Gasteiger partial charge >= 0.3 is 0 Å². The molecule has 0 saturated carbocycles. The highest BCUT2D eigenvalue weighted by Gasteiger charge is 2.48. The highest BCUT2D eigenvalue weighted by atomic mass is 35.5. The molecule has 2 aromatic heterocycles. The molecule has 274 valence electrons. The minimum Gasteiger partial charge on any atom is -0.371 e. The number of likely N-dealkylation sites (tertiary alicyclic amines) is 2. The first kappa shape index (κ1) is 35.9. The lowest BCUT2D eigenvalue weighted by molar-refractivity contribution is -0.141. The second-order valence-corrected chi connectivity index (χ2v) is 14.3. The number of nitrogens with zero attached hydrogens (tertiary/aromatic N) is 3. The Labute approximate surface area is 312 Å². The van der Waals surface area contributed by atoms with E-state index in [1.54, 1.807) is 28.9 Å². The van der Waals surface area contributed by atoms with E-state index < -0.39 is 24.0 Å². The Kier molecular flexibility index (Phi) is 10.6. The summed E-state index contributed by atoms with van der Waals surface area (Å²) in [4.78, 5) is 62.0. The summed E-state index contributed by atoms with van der Waals surface area (Å²) in [6, 6.07) is 25.4. The van der Waals surface area contributed by atoms with Crippen LogP contribution in [0, 0.1) is 17.8 Å². The van der Waals surface area contributed by atoms with E-state index in [9.17, 15) is 19.2 Å². The number of H-pyrrole nitrogens is 2. The third-order valence-corrected chi connectivity index (χ3v) is 10.7. The fourth-order valence-corrected chi connectivity index (χ4v) is 7.74. The summed E-state index contributed by atoms with van der Waals surface area (Å²) in [5, 5.41) is 14.4. The van der Waals surface area contributed by atoms with Crippen molar-refractivity contribution < 1.29 is 23.9 Å². The molecule has 3 aromatic carbocycles. The zero-order valence-electron chi connectivity index (χ0n) is 29.6. The van der Waals surface area contributed by atoms with Crippen LogP contribution in [0.15, 0.2) is 91.1 Å². The number of hydrogen-bond donors (Lipinski definition) is 4. The van der Waals surface area contributed by atoms with Crippen LogP contribution in [0.25, 0.3) is 22.2 Å². The summed E-state index contributed by atoms with van der Waals surface area (Å²) in [5.41, 5.74) is 4.48. The second kappa shape index (κ2) is 15.6. The van der Waals surface area contributed by atoms with Crippen molar-refractivity contribution >= 4 is 46.1 Å². The van der Waals surface area contributed by atoms with E-state index in [0.29, 0.717) is 36.0 Å². The van der Waals surface area contributed by atoms with Crippen molar-refractivity contribution in [3.05, 3.63) is 113 Å². The third-order valence-electron chi connectivity index (χ3n) is 10.5. The first-order valence-corrected chi connectivity index (χ1v) is 18.2. The molecule has 5 atom stereocenters. The molecular weight excluding hydrogens is 694 g/mol. The Balaban J connectivity index is 1.11. The van der Waals surface area contributed by atoms with Crippen molar-refractivity contribution in [2.75, 3.05) is 33.2 Å². The van der Waals surface area contributed by atoms with E-state index >= 15 is 0 Å². The minimum absolute atomic E-state index is 0.123. The SMILES string of the molecule is CNC(=O)[C@@H](NC(=O)C1CN(C(=O)Cc2c[nH]c3cc(Cl)ccc23)CC2CN(C(=O)c3cc(-c4ccccc4)n[nH]3)CC21)[C@@H](C)OCc1ccccc1. The number of fused-ring (bicyclic) bond motifs is 2. The van der Waals surface area contributed by atoms with Gasteiger partial charge in [0, 0.05) is 60.9 Å². The molecule has 7 rings (SSSR count). The van der Waals surface area contributed by atoms with Crippen LogP contribution < -0.4 is 10.6 Å². The number of carbonyl (C=O) groups is 4. The molecule has 4 amide bonds. The van der Waals surface area contributed by atoms with Crippen LogP contribution >= 0.6 is 11.6 Å². The summed E-state index contributed by atoms with van der Waals surface area (Å²) in [7, 11) is 1.51. The molecule has 2 aliphatic heterocycles. The molecule has 3 unspecified atom stereocenters. The number of hydrogen-bond acceptors (Lipinski definition) is 6. The van der Waals surface area contributed by atoms with Gasteiger partial charge in [0.25, 0.3) is 5.91 Å². The van der Waals surface area contributed by atoms with Crippen LogP contribution in [0.3, 0.4) is 0 Å². The zero-order valence-corrected chi connectivity index (χ0v) is 30.3. The minimum atomic E-state index is -0.987. The normalized spacial score (nSPS) is 19.4. The van der Waals surface area contributed by atoms with Gasteiger partial charge in [-0.25, -0.2) is 0 Å². The highest BCUT2D eigenvalue weighted by molar-refractivity contribution is 6.31. The average Bonchev–Trinajstić information content (AvgIpc) is 3.95. The van der Waals surface area contributed by atoms with Crippen molar-refractivity contribution in [3.63, 3.8) is 0 Å². The predicted octanol–water partition coefficient (Wildman–Crippen LogP) is 4.44. The number of aromatic amines is 2. The summed E-state index contributed by atoms with van der Waals surface area (Å²) < 4.78 is 6.07. The smallest absolute Gasteiger partial charge is 0.271 e. The number of benzene rings is 3. The molecule has 12 nitrogen and oxygen atoms in total. The first-order chi connectivity index (χ1) is 25.7. The number of nitrogens with one attached hydrogen (secondary N) is 4. The summed E-state index contributed by atoms with van der Waals surface area (Å²) in [5.74, 6) is -2.23. The number of aromatic nitrogens is 3. The van der Waals surface area contributed by atoms with Crippen molar-refractivity contribution in [1.82, 2.24) is 35.6 Å². The maximum Gasteiger partial charge on any atom is 0.271 e. The molecule has 0 radical (unpaired) electrons. The Hall–Kier alpha value is -5.46. The van der Waals surface area contributed by atoms with E-state index in [1.807, 2.05) is 79.0 Å². The first-order valence-electron chi connectivity index (χ1n) is 17.8. The van der Waals surface area contributed by atoms with Crippen LogP contribution in [-0.4, -0.2) is 94.0 Å². The Morgan fingerprint density at radius 1 is 0.943 bits per heavy atom. The molecule has 5 aromatic rings. The van der Waals surface area contributed by atoms with Crippen molar-refractivity contribution in [2.45, 2.75) is 32.1 Å². The molecule has 0 spiro atoms. The monoisotopic (exact) mass is 735 g/mol. The van der Waals surface area contributed by atoms with E-state index in [-0.39, 0.29) is 49.1 Å². The standard InChI is InChI=1S/C40H42ClN7O5/c1-24(53-23-25-9-5-3-6-10-25)37(39(51)42-2)44-38(50)32-22-47(36(49)15-27-18-43-34-16-29(41)13-14-30(27)34)19-28-20-48(21-31(28)32)40(52)35-17-33(45-46-35)26-11-7-4-8-12-26/h3-14,16-18,24,28,31-32,37,43H,15,19-23H2,1-2H3,(H,42,51)(H,44,50)(H,45,46)/t24-,28?,31?,32?,37+/m1/s1. The Morgan fingerprint density at radius 2 is 1.68 bits per heavy atom. The summed E-state index contributed by atoms with van der Waals surface area (Å²) in [6.07, 6.45) is 1.27. The molecule has 2 fully saturated rings. The average molecular weight is 736 g/mol. The number of piperidine rings is 1. The molecule has 2 aliphatic rings. The van der Waals surface area contributed by atoms with Gasteiger partial charge in [0.1, 0.15) is 11.7 Å². The van der Waals surface area contributed by atoms with Gasteiger partial charge in [-0.15, -0.1) is 0 Å². The highest BCUT2D eigenvalue weighted by Crippen LogP contribution is 2.37. The molecule has 0 bridgehead atoms. The molecule has 53 heavy (non-hydrogen) atoms.